The molecule has 1 aromatic carbocycles. The molecule has 0 spiro atoms. The highest BCUT2D eigenvalue weighted by Crippen LogP contribution is 2.35. The first-order valence-corrected chi connectivity index (χ1v) is 7.30. The molecule has 0 aromatic heterocycles. The molecule has 4 nitrogen and oxygen atoms in total. The number of hydrogen-bond donors (Lipinski definition) is 0. The molecular weight excluding hydrogens is 333 g/mol. The van der Waals surface area contributed by atoms with Gasteiger partial charge in [-0.05, 0) is 32.0 Å². The third-order valence-corrected chi connectivity index (χ3v) is 3.86. The number of carbonyl (C=O) groups is 2. The molecule has 23 heavy (non-hydrogen) atoms. The summed E-state index contributed by atoms with van der Waals surface area (Å²) in [6.45, 7) is 4.45. The molecule has 0 N–H and O–H groups in total. The van der Waals surface area contributed by atoms with Crippen molar-refractivity contribution in [3.63, 3.8) is 0 Å². The van der Waals surface area contributed by atoms with Gasteiger partial charge in [-0.15, -0.1) is 0 Å². The van der Waals surface area contributed by atoms with E-state index >= 15 is 0 Å². The number of amides is 2. The van der Waals surface area contributed by atoms with Gasteiger partial charge in [-0.2, -0.15) is 13.2 Å². The summed E-state index contributed by atoms with van der Waals surface area (Å²) in [5.74, 6) is -1.54. The summed E-state index contributed by atoms with van der Waals surface area (Å²) >= 11 is 5.95. The fourth-order valence-electron chi connectivity index (χ4n) is 2.36. The monoisotopic (exact) mass is 346 g/mol. The molecular formula is C15H14ClF3N2O2. The Morgan fingerprint density at radius 2 is 1.74 bits per heavy atom. The van der Waals surface area contributed by atoms with Crippen molar-refractivity contribution in [2.75, 3.05) is 18.0 Å². The highest BCUT2D eigenvalue weighted by molar-refractivity contribution is 6.52. The van der Waals surface area contributed by atoms with Gasteiger partial charge < -0.3 is 4.90 Å². The lowest BCUT2D eigenvalue weighted by atomic mass is 10.2. The van der Waals surface area contributed by atoms with Crippen molar-refractivity contribution >= 4 is 29.1 Å². The molecule has 0 atom stereocenters. The molecule has 8 heteroatoms. The summed E-state index contributed by atoms with van der Waals surface area (Å²) in [5, 5.41) is -0.281. The van der Waals surface area contributed by atoms with Crippen LogP contribution < -0.4 is 4.90 Å². The van der Waals surface area contributed by atoms with Crippen LogP contribution in [0, 0.1) is 0 Å². The van der Waals surface area contributed by atoms with Gasteiger partial charge in [0.25, 0.3) is 11.8 Å². The number of imide groups is 1. The highest BCUT2D eigenvalue weighted by atomic mass is 35.5. The van der Waals surface area contributed by atoms with Gasteiger partial charge in [-0.25, -0.2) is 4.90 Å². The average molecular weight is 347 g/mol. The average Bonchev–Trinajstić information content (AvgIpc) is 2.72. The Labute approximate surface area is 136 Å². The Morgan fingerprint density at radius 3 is 2.26 bits per heavy atom. The molecule has 1 aliphatic heterocycles. The van der Waals surface area contributed by atoms with E-state index in [9.17, 15) is 22.8 Å². The molecule has 1 aromatic rings. The molecule has 2 rings (SSSR count). The Kier molecular flexibility index (Phi) is 4.70. The zero-order valence-electron chi connectivity index (χ0n) is 12.4. The van der Waals surface area contributed by atoms with Crippen LogP contribution in [0.3, 0.4) is 0 Å². The molecule has 1 heterocycles. The smallest absolute Gasteiger partial charge is 0.366 e. The number of benzene rings is 1. The second-order valence-corrected chi connectivity index (χ2v) is 5.21. The van der Waals surface area contributed by atoms with Gasteiger partial charge in [0.2, 0.25) is 0 Å². The fraction of sp³-hybridized carbons (Fsp3) is 0.333. The minimum Gasteiger partial charge on any atom is -0.366 e. The zero-order valence-corrected chi connectivity index (χ0v) is 13.2. The molecule has 0 radical (unpaired) electrons. The number of hydrogen-bond acceptors (Lipinski definition) is 3. The molecule has 0 fully saturated rings. The van der Waals surface area contributed by atoms with Crippen LogP contribution >= 0.6 is 11.6 Å². The van der Waals surface area contributed by atoms with Gasteiger partial charge in [-0.3, -0.25) is 9.59 Å². The minimum atomic E-state index is -4.57. The number of rotatable bonds is 4. The number of likely N-dealkylation sites (N-methyl/N-ethyl adjacent to an activating group) is 1. The van der Waals surface area contributed by atoms with Crippen LogP contribution in [-0.4, -0.2) is 29.8 Å². The van der Waals surface area contributed by atoms with Crippen LogP contribution in [0.25, 0.3) is 0 Å². The molecule has 0 saturated carbocycles. The second-order valence-electron chi connectivity index (χ2n) is 4.83. The first kappa shape index (κ1) is 17.3. The lowest BCUT2D eigenvalue weighted by Gasteiger charge is -2.22. The van der Waals surface area contributed by atoms with Gasteiger partial charge >= 0.3 is 6.18 Å². The van der Waals surface area contributed by atoms with Crippen LogP contribution in [0.1, 0.15) is 19.4 Å². The first-order chi connectivity index (χ1) is 10.7. The Hall–Kier alpha value is -2.02. The van der Waals surface area contributed by atoms with Crippen molar-refractivity contribution in [1.29, 1.82) is 0 Å². The van der Waals surface area contributed by atoms with E-state index in [0.717, 1.165) is 18.2 Å². The van der Waals surface area contributed by atoms with Crippen LogP contribution in [-0.2, 0) is 15.8 Å². The van der Waals surface area contributed by atoms with E-state index in [4.69, 9.17) is 11.6 Å². The molecule has 1 aliphatic rings. The highest BCUT2D eigenvalue weighted by Gasteiger charge is 2.41. The summed E-state index contributed by atoms with van der Waals surface area (Å²) in [4.78, 5) is 27.0. The van der Waals surface area contributed by atoms with Gasteiger partial charge in [0.15, 0.2) is 0 Å². The molecule has 0 bridgehead atoms. The standard InChI is InChI=1S/C15H14ClF3N2O2/c1-3-20(4-2)12-11(16)13(22)21(14(12)23)10-7-5-6-9(8-10)15(17,18)19/h5-8H,3-4H2,1-2H3. The number of nitrogens with zero attached hydrogens (tertiary/aromatic N) is 2. The third-order valence-electron chi connectivity index (χ3n) is 3.52. The molecule has 0 aliphatic carbocycles. The Balaban J connectivity index is 2.44. The van der Waals surface area contributed by atoms with Crippen molar-refractivity contribution < 1.29 is 22.8 Å². The molecule has 2 amide bonds. The maximum atomic E-state index is 12.8. The van der Waals surface area contributed by atoms with E-state index in [1.54, 1.807) is 18.7 Å². The SMILES string of the molecule is CCN(CC)C1=C(Cl)C(=O)N(c2cccc(C(F)(F)F)c2)C1=O. The summed E-state index contributed by atoms with van der Waals surface area (Å²) in [5.41, 5.74) is -1.09. The predicted octanol–water partition coefficient (Wildman–Crippen LogP) is 3.37. The maximum Gasteiger partial charge on any atom is 0.416 e. The van der Waals surface area contributed by atoms with Crippen LogP contribution in [0.5, 0.6) is 0 Å². The molecule has 124 valence electrons. The third kappa shape index (κ3) is 3.06. The van der Waals surface area contributed by atoms with E-state index in [-0.39, 0.29) is 16.4 Å². The number of anilines is 1. The van der Waals surface area contributed by atoms with E-state index in [2.05, 4.69) is 0 Å². The first-order valence-electron chi connectivity index (χ1n) is 6.93. The summed E-state index contributed by atoms with van der Waals surface area (Å²) in [6, 6.07) is 4.03. The summed E-state index contributed by atoms with van der Waals surface area (Å²) in [6.07, 6.45) is -4.57. The van der Waals surface area contributed by atoms with Crippen molar-refractivity contribution in [2.24, 2.45) is 0 Å². The molecule has 0 unspecified atom stereocenters. The van der Waals surface area contributed by atoms with Crippen LogP contribution in [0.4, 0.5) is 18.9 Å². The van der Waals surface area contributed by atoms with Gasteiger partial charge in [0, 0.05) is 13.1 Å². The van der Waals surface area contributed by atoms with E-state index in [0.29, 0.717) is 18.0 Å². The lowest BCUT2D eigenvalue weighted by molar-refractivity contribution is -0.137. The number of halogens is 4. The van der Waals surface area contributed by atoms with E-state index in [1.807, 2.05) is 0 Å². The number of alkyl halides is 3. The fourth-order valence-corrected chi connectivity index (χ4v) is 2.65. The van der Waals surface area contributed by atoms with E-state index in [1.165, 1.54) is 6.07 Å². The second kappa shape index (κ2) is 6.23. The van der Waals surface area contributed by atoms with Crippen molar-refractivity contribution in [2.45, 2.75) is 20.0 Å². The van der Waals surface area contributed by atoms with E-state index < -0.39 is 23.6 Å². The zero-order chi connectivity index (χ0) is 17.4. The van der Waals surface area contributed by atoms with Gasteiger partial charge in [-0.1, -0.05) is 17.7 Å². The normalized spacial score (nSPS) is 15.7. The van der Waals surface area contributed by atoms with Crippen LogP contribution in [0.15, 0.2) is 35.0 Å². The van der Waals surface area contributed by atoms with Crippen molar-refractivity contribution in [3.8, 4) is 0 Å². The molecule has 0 saturated heterocycles. The Morgan fingerprint density at radius 1 is 1.13 bits per heavy atom. The van der Waals surface area contributed by atoms with Gasteiger partial charge in [0.1, 0.15) is 10.7 Å². The van der Waals surface area contributed by atoms with Gasteiger partial charge in [0.05, 0.1) is 11.3 Å². The predicted molar refractivity (Wildman–Crippen MR) is 79.7 cm³/mol. The lowest BCUT2D eigenvalue weighted by Crippen LogP contribution is -2.35. The number of carbonyl (C=O) groups excluding carboxylic acids is 2. The van der Waals surface area contributed by atoms with Crippen LogP contribution in [0.2, 0.25) is 0 Å². The maximum absolute atomic E-state index is 12.8. The van der Waals surface area contributed by atoms with Crippen molar-refractivity contribution in [1.82, 2.24) is 4.90 Å². The summed E-state index contributed by atoms with van der Waals surface area (Å²) in [7, 11) is 0. The Bertz CT molecular complexity index is 682. The minimum absolute atomic E-state index is 0.0130. The van der Waals surface area contributed by atoms with Crippen molar-refractivity contribution in [3.05, 3.63) is 40.6 Å². The summed E-state index contributed by atoms with van der Waals surface area (Å²) < 4.78 is 38.4. The largest absolute Gasteiger partial charge is 0.416 e. The quantitative estimate of drug-likeness (QED) is 0.785. The topological polar surface area (TPSA) is 40.6 Å².